The molecule has 0 fully saturated rings. The van der Waals surface area contributed by atoms with Crippen LogP contribution in [0.4, 0.5) is 0 Å². The molecule has 1 nitrogen and oxygen atoms in total. The molecule has 1 heterocycles. The summed E-state index contributed by atoms with van der Waals surface area (Å²) in [7, 11) is 0. The number of halogens is 1. The number of benzene rings is 2. The molecule has 0 saturated carbocycles. The Bertz CT molecular complexity index is 608. The van der Waals surface area contributed by atoms with Crippen LogP contribution in [0, 0.1) is 0 Å². The predicted molar refractivity (Wildman–Crippen MR) is 91.4 cm³/mol. The van der Waals surface area contributed by atoms with Gasteiger partial charge in [-0.05, 0) is 36.1 Å². The Balaban J connectivity index is 1.88. The van der Waals surface area contributed by atoms with Crippen LogP contribution in [0.25, 0.3) is 0 Å². The molecule has 0 spiro atoms. The van der Waals surface area contributed by atoms with Crippen LogP contribution in [0.2, 0.25) is 0 Å². The lowest BCUT2D eigenvalue weighted by atomic mass is 9.89. The van der Waals surface area contributed by atoms with Crippen molar-refractivity contribution < 1.29 is 4.74 Å². The molecule has 0 bridgehead atoms. The Kier molecular flexibility index (Phi) is 4.34. The Morgan fingerprint density at radius 2 is 1.90 bits per heavy atom. The van der Waals surface area contributed by atoms with Crippen molar-refractivity contribution >= 4 is 15.9 Å². The van der Waals surface area contributed by atoms with Gasteiger partial charge in [0.15, 0.2) is 0 Å². The third-order valence-electron chi connectivity index (χ3n) is 4.26. The third kappa shape index (κ3) is 3.01. The first-order valence-corrected chi connectivity index (χ1v) is 8.59. The normalized spacial score (nSPS) is 19.7. The molecule has 2 aromatic rings. The lowest BCUT2D eigenvalue weighted by molar-refractivity contribution is 0.254. The fourth-order valence-corrected chi connectivity index (χ4v) is 4.12. The summed E-state index contributed by atoms with van der Waals surface area (Å²) in [4.78, 5) is 0.339. The van der Waals surface area contributed by atoms with Gasteiger partial charge in [0.2, 0.25) is 0 Å². The molecule has 3 rings (SSSR count). The highest BCUT2D eigenvalue weighted by atomic mass is 79.9. The van der Waals surface area contributed by atoms with E-state index < -0.39 is 0 Å². The highest BCUT2D eigenvalue weighted by Crippen LogP contribution is 2.42. The van der Waals surface area contributed by atoms with Gasteiger partial charge in [-0.15, -0.1) is 0 Å². The first-order valence-electron chi connectivity index (χ1n) is 7.67. The van der Waals surface area contributed by atoms with E-state index in [1.54, 1.807) is 0 Å². The zero-order chi connectivity index (χ0) is 14.8. The van der Waals surface area contributed by atoms with Gasteiger partial charge in [0, 0.05) is 17.2 Å². The van der Waals surface area contributed by atoms with Gasteiger partial charge in [-0.3, -0.25) is 0 Å². The largest absolute Gasteiger partial charge is 0.490 e. The maximum absolute atomic E-state index is 5.80. The van der Waals surface area contributed by atoms with Gasteiger partial charge in [-0.25, -0.2) is 0 Å². The van der Waals surface area contributed by atoms with Crippen LogP contribution < -0.4 is 4.74 Å². The summed E-state index contributed by atoms with van der Waals surface area (Å²) in [5, 5.41) is 0. The van der Waals surface area contributed by atoms with Crippen molar-refractivity contribution in [3.63, 3.8) is 0 Å². The van der Waals surface area contributed by atoms with Gasteiger partial charge in [0.05, 0.1) is 0 Å². The standard InChI is InChI=1S/C19H21BrO/c1-3-17(14-7-5-4-6-8-14)19(20)15-9-10-18-16(12-15)11-13(2)21-18/h4-10,12-13,17,19H,3,11H2,1-2H3. The first kappa shape index (κ1) is 14.6. The van der Waals surface area contributed by atoms with Crippen molar-refractivity contribution in [2.75, 3.05) is 0 Å². The molecule has 2 heteroatoms. The Labute approximate surface area is 135 Å². The maximum atomic E-state index is 5.80. The van der Waals surface area contributed by atoms with E-state index in [-0.39, 0.29) is 0 Å². The second kappa shape index (κ2) is 6.23. The molecule has 1 aliphatic heterocycles. The zero-order valence-corrected chi connectivity index (χ0v) is 14.1. The van der Waals surface area contributed by atoms with Crippen molar-refractivity contribution in [1.29, 1.82) is 0 Å². The minimum absolute atomic E-state index is 0.306. The van der Waals surface area contributed by atoms with E-state index in [4.69, 9.17) is 4.74 Å². The summed E-state index contributed by atoms with van der Waals surface area (Å²) in [6, 6.07) is 17.4. The van der Waals surface area contributed by atoms with Gasteiger partial charge >= 0.3 is 0 Å². The number of hydrogen-bond acceptors (Lipinski definition) is 1. The van der Waals surface area contributed by atoms with E-state index in [1.165, 1.54) is 16.7 Å². The van der Waals surface area contributed by atoms with Gasteiger partial charge in [0.1, 0.15) is 11.9 Å². The van der Waals surface area contributed by atoms with Crippen LogP contribution in [0.5, 0.6) is 5.75 Å². The topological polar surface area (TPSA) is 9.23 Å². The van der Waals surface area contributed by atoms with Gasteiger partial charge in [-0.1, -0.05) is 65.3 Å². The molecule has 110 valence electrons. The molecule has 3 atom stereocenters. The summed E-state index contributed by atoms with van der Waals surface area (Å²) < 4.78 is 5.80. The SMILES string of the molecule is CCC(c1ccccc1)C(Br)c1ccc2c(c1)CC(C)O2. The van der Waals surface area contributed by atoms with Crippen molar-refractivity contribution in [1.82, 2.24) is 0 Å². The molecule has 0 aliphatic carbocycles. The van der Waals surface area contributed by atoms with E-state index in [0.29, 0.717) is 16.8 Å². The molecule has 1 aliphatic rings. The molecule has 0 saturated heterocycles. The van der Waals surface area contributed by atoms with Crippen molar-refractivity contribution in [2.24, 2.45) is 0 Å². The summed E-state index contributed by atoms with van der Waals surface area (Å²) in [5.74, 6) is 1.54. The summed E-state index contributed by atoms with van der Waals surface area (Å²) in [5.41, 5.74) is 4.08. The van der Waals surface area contributed by atoms with Crippen LogP contribution in [0.1, 0.15) is 47.7 Å². The molecular formula is C19H21BrO. The maximum Gasteiger partial charge on any atom is 0.123 e. The van der Waals surface area contributed by atoms with E-state index in [9.17, 15) is 0 Å². The lowest BCUT2D eigenvalue weighted by Gasteiger charge is -2.22. The molecule has 0 N–H and O–H groups in total. The minimum atomic E-state index is 0.306. The zero-order valence-electron chi connectivity index (χ0n) is 12.6. The van der Waals surface area contributed by atoms with E-state index in [2.05, 4.69) is 78.3 Å². The lowest BCUT2D eigenvalue weighted by Crippen LogP contribution is -2.05. The smallest absolute Gasteiger partial charge is 0.123 e. The molecular weight excluding hydrogens is 324 g/mol. The molecule has 0 amide bonds. The van der Waals surface area contributed by atoms with Crippen molar-refractivity contribution in [2.45, 2.75) is 43.5 Å². The average molecular weight is 345 g/mol. The number of alkyl halides is 1. The number of hydrogen-bond donors (Lipinski definition) is 0. The fourth-order valence-electron chi connectivity index (χ4n) is 3.16. The van der Waals surface area contributed by atoms with Gasteiger partial charge in [0.25, 0.3) is 0 Å². The van der Waals surface area contributed by atoms with Crippen molar-refractivity contribution in [3.05, 3.63) is 65.2 Å². The molecule has 21 heavy (non-hydrogen) atoms. The number of rotatable bonds is 4. The van der Waals surface area contributed by atoms with Gasteiger partial charge < -0.3 is 4.74 Å². The molecule has 2 aromatic carbocycles. The monoisotopic (exact) mass is 344 g/mol. The van der Waals surface area contributed by atoms with E-state index >= 15 is 0 Å². The quantitative estimate of drug-likeness (QED) is 0.652. The van der Waals surface area contributed by atoms with Gasteiger partial charge in [-0.2, -0.15) is 0 Å². The highest BCUT2D eigenvalue weighted by Gasteiger charge is 2.24. The second-order valence-corrected chi connectivity index (χ2v) is 6.81. The van der Waals surface area contributed by atoms with Crippen LogP contribution >= 0.6 is 15.9 Å². The van der Waals surface area contributed by atoms with Crippen molar-refractivity contribution in [3.8, 4) is 5.75 Å². The van der Waals surface area contributed by atoms with Crippen LogP contribution in [-0.4, -0.2) is 6.10 Å². The number of ether oxygens (including phenoxy) is 1. The molecule has 3 unspecified atom stereocenters. The summed E-state index contributed by atoms with van der Waals surface area (Å²) >= 11 is 3.93. The summed E-state index contributed by atoms with van der Waals surface area (Å²) in [6.07, 6.45) is 2.44. The van der Waals surface area contributed by atoms with Crippen LogP contribution in [0.3, 0.4) is 0 Å². The number of fused-ring (bicyclic) bond motifs is 1. The Morgan fingerprint density at radius 3 is 2.62 bits per heavy atom. The third-order valence-corrected chi connectivity index (χ3v) is 5.43. The molecule has 0 aromatic heterocycles. The highest BCUT2D eigenvalue weighted by molar-refractivity contribution is 9.09. The predicted octanol–water partition coefficient (Wildman–Crippen LogP) is 5.64. The average Bonchev–Trinajstić information content (AvgIpc) is 2.88. The van der Waals surface area contributed by atoms with E-state index in [0.717, 1.165) is 18.6 Å². The van der Waals surface area contributed by atoms with Crippen LogP contribution in [-0.2, 0) is 6.42 Å². The second-order valence-electron chi connectivity index (χ2n) is 5.83. The van der Waals surface area contributed by atoms with E-state index in [1.807, 2.05) is 0 Å². The first-order chi connectivity index (χ1) is 10.2. The summed E-state index contributed by atoms with van der Waals surface area (Å²) in [6.45, 7) is 4.38. The molecule has 0 radical (unpaired) electrons. The Hall–Kier alpha value is -1.28. The minimum Gasteiger partial charge on any atom is -0.490 e. The van der Waals surface area contributed by atoms with Crippen LogP contribution in [0.15, 0.2) is 48.5 Å². The Morgan fingerprint density at radius 1 is 1.14 bits per heavy atom. The fraction of sp³-hybridized carbons (Fsp3) is 0.368.